The van der Waals surface area contributed by atoms with Gasteiger partial charge in [0.15, 0.2) is 0 Å². The van der Waals surface area contributed by atoms with Crippen molar-refractivity contribution in [2.45, 2.75) is 32.2 Å². The Morgan fingerprint density at radius 1 is 1.15 bits per heavy atom. The van der Waals surface area contributed by atoms with Crippen LogP contribution < -0.4 is 10.1 Å². The van der Waals surface area contributed by atoms with Gasteiger partial charge in [-0.3, -0.25) is 14.4 Å². The number of amides is 2. The highest BCUT2D eigenvalue weighted by Crippen LogP contribution is 2.19. The van der Waals surface area contributed by atoms with E-state index in [1.165, 1.54) is 10.5 Å². The van der Waals surface area contributed by atoms with E-state index in [4.69, 9.17) is 9.47 Å². The zero-order chi connectivity index (χ0) is 23.6. The Hall–Kier alpha value is -3.61. The van der Waals surface area contributed by atoms with Crippen LogP contribution in [-0.4, -0.2) is 55.0 Å². The summed E-state index contributed by atoms with van der Waals surface area (Å²) in [5.41, 5.74) is 2.43. The zero-order valence-electron chi connectivity index (χ0n) is 18.9. The molecule has 0 spiro atoms. The van der Waals surface area contributed by atoms with Gasteiger partial charge in [0, 0.05) is 18.7 Å². The van der Waals surface area contributed by atoms with E-state index in [0.29, 0.717) is 37.4 Å². The van der Waals surface area contributed by atoms with Crippen LogP contribution in [0.1, 0.15) is 35.7 Å². The minimum atomic E-state index is -0.909. The summed E-state index contributed by atoms with van der Waals surface area (Å²) < 4.78 is 11.0. The first-order chi connectivity index (χ1) is 15.9. The number of piperazine rings is 1. The van der Waals surface area contributed by atoms with Crippen LogP contribution in [0.2, 0.25) is 0 Å². The smallest absolute Gasteiger partial charge is 0.308 e. The molecule has 1 aliphatic rings. The Morgan fingerprint density at radius 2 is 1.94 bits per heavy atom. The molecule has 1 fully saturated rings. The number of rotatable bonds is 10. The molecule has 3 rings (SSSR count). The van der Waals surface area contributed by atoms with Gasteiger partial charge in [-0.05, 0) is 49.1 Å². The lowest BCUT2D eigenvalue weighted by Crippen LogP contribution is -2.57. The first-order valence-electron chi connectivity index (χ1n) is 11.1. The van der Waals surface area contributed by atoms with Gasteiger partial charge < -0.3 is 19.7 Å². The molecule has 1 atom stereocenters. The molecule has 1 unspecified atom stereocenters. The van der Waals surface area contributed by atoms with Crippen LogP contribution in [-0.2, 0) is 20.7 Å². The van der Waals surface area contributed by atoms with E-state index in [1.807, 2.05) is 37.3 Å². The fourth-order valence-corrected chi connectivity index (χ4v) is 3.58. The highest BCUT2D eigenvalue weighted by Gasteiger charge is 2.35. The van der Waals surface area contributed by atoms with Crippen LogP contribution in [0.3, 0.4) is 0 Å². The van der Waals surface area contributed by atoms with Crippen LogP contribution >= 0.6 is 0 Å². The van der Waals surface area contributed by atoms with E-state index in [2.05, 4.69) is 11.9 Å². The number of carbonyl (C=O) groups is 3. The largest absolute Gasteiger partial charge is 0.489 e. The maximum atomic E-state index is 13.2. The van der Waals surface area contributed by atoms with E-state index in [-0.39, 0.29) is 24.8 Å². The van der Waals surface area contributed by atoms with Crippen LogP contribution in [0.4, 0.5) is 0 Å². The minimum absolute atomic E-state index is 0.186. The molecule has 174 valence electrons. The lowest BCUT2D eigenvalue weighted by Gasteiger charge is -2.34. The Kier molecular flexibility index (Phi) is 8.63. The summed E-state index contributed by atoms with van der Waals surface area (Å²) in [5.74, 6) is -0.640. The number of hydrogen-bond acceptors (Lipinski definition) is 5. The molecule has 2 aromatic rings. The fourth-order valence-electron chi connectivity index (χ4n) is 3.58. The molecule has 7 nitrogen and oxygen atoms in total. The number of aryl methyl sites for hydroxylation is 1. The van der Waals surface area contributed by atoms with Crippen molar-refractivity contribution < 1.29 is 23.9 Å². The zero-order valence-corrected chi connectivity index (χ0v) is 18.9. The van der Waals surface area contributed by atoms with Crippen LogP contribution in [0.15, 0.2) is 66.7 Å². The summed E-state index contributed by atoms with van der Waals surface area (Å²) >= 11 is 0. The first kappa shape index (κ1) is 24.0. The quantitative estimate of drug-likeness (QED) is 0.342. The molecule has 0 radical (unpaired) electrons. The average Bonchev–Trinajstić information content (AvgIpc) is 2.82. The molecule has 7 heteroatoms. The van der Waals surface area contributed by atoms with Gasteiger partial charge in [0.25, 0.3) is 5.91 Å². The predicted molar refractivity (Wildman–Crippen MR) is 125 cm³/mol. The maximum absolute atomic E-state index is 13.2. The topological polar surface area (TPSA) is 84.9 Å². The molecule has 1 aliphatic heterocycles. The van der Waals surface area contributed by atoms with E-state index in [0.717, 1.165) is 12.0 Å². The number of carbonyl (C=O) groups excluding carboxylic acids is 3. The van der Waals surface area contributed by atoms with Crippen LogP contribution in [0.5, 0.6) is 5.75 Å². The third-order valence-electron chi connectivity index (χ3n) is 5.23. The van der Waals surface area contributed by atoms with Gasteiger partial charge in [0.2, 0.25) is 5.91 Å². The second-order valence-electron chi connectivity index (χ2n) is 8.09. The van der Waals surface area contributed by atoms with Gasteiger partial charge in [-0.1, -0.05) is 43.0 Å². The Balaban J connectivity index is 1.57. The Bertz CT molecular complexity index is 989. The summed E-state index contributed by atoms with van der Waals surface area (Å²) in [6.07, 6.45) is 1.30. The normalized spacial score (nSPS) is 15.5. The molecule has 1 N–H and O–H groups in total. The van der Waals surface area contributed by atoms with Crippen molar-refractivity contribution in [2.75, 3.05) is 26.3 Å². The monoisotopic (exact) mass is 450 g/mol. The first-order valence-corrected chi connectivity index (χ1v) is 11.1. The molecule has 0 aromatic heterocycles. The second-order valence-corrected chi connectivity index (χ2v) is 8.09. The predicted octanol–water partition coefficient (Wildman–Crippen LogP) is 3.15. The molecule has 2 aromatic carbocycles. The fraction of sp³-hybridized carbons (Fsp3) is 0.346. The van der Waals surface area contributed by atoms with E-state index in [9.17, 15) is 14.4 Å². The molecule has 1 saturated heterocycles. The SMILES string of the molecule is C=C(C)COc1cccc(C(=O)N2CCNC(=O)C2CC(=O)OCCCc2ccccc2)c1. The minimum Gasteiger partial charge on any atom is -0.489 e. The Labute approximate surface area is 194 Å². The lowest BCUT2D eigenvalue weighted by atomic mass is 10.1. The van der Waals surface area contributed by atoms with Gasteiger partial charge in [0.1, 0.15) is 18.4 Å². The number of esters is 1. The van der Waals surface area contributed by atoms with Crippen molar-refractivity contribution in [3.8, 4) is 5.75 Å². The van der Waals surface area contributed by atoms with Gasteiger partial charge in [0.05, 0.1) is 13.0 Å². The van der Waals surface area contributed by atoms with Crippen LogP contribution in [0, 0.1) is 0 Å². The molecular formula is C26H30N2O5. The average molecular weight is 451 g/mol. The number of nitrogens with one attached hydrogen (secondary N) is 1. The number of hydrogen-bond donors (Lipinski definition) is 1. The summed E-state index contributed by atoms with van der Waals surface area (Å²) in [5, 5.41) is 2.73. The number of nitrogens with zero attached hydrogens (tertiary/aromatic N) is 1. The van der Waals surface area contributed by atoms with Crippen LogP contribution in [0.25, 0.3) is 0 Å². The van der Waals surface area contributed by atoms with Crippen molar-refractivity contribution in [2.24, 2.45) is 0 Å². The third-order valence-corrected chi connectivity index (χ3v) is 5.23. The molecular weight excluding hydrogens is 420 g/mol. The van der Waals surface area contributed by atoms with Crippen molar-refractivity contribution in [3.63, 3.8) is 0 Å². The molecule has 2 amide bonds. The number of ether oxygens (including phenoxy) is 2. The van der Waals surface area contributed by atoms with Gasteiger partial charge in [-0.25, -0.2) is 0 Å². The molecule has 33 heavy (non-hydrogen) atoms. The second kappa shape index (κ2) is 11.9. The molecule has 0 aliphatic carbocycles. The van der Waals surface area contributed by atoms with Gasteiger partial charge in [-0.2, -0.15) is 0 Å². The van der Waals surface area contributed by atoms with Crippen molar-refractivity contribution in [1.29, 1.82) is 0 Å². The molecule has 1 heterocycles. The van der Waals surface area contributed by atoms with Gasteiger partial charge in [-0.15, -0.1) is 0 Å². The summed E-state index contributed by atoms with van der Waals surface area (Å²) in [6.45, 7) is 6.91. The van der Waals surface area contributed by atoms with E-state index >= 15 is 0 Å². The molecule has 0 saturated carbocycles. The summed E-state index contributed by atoms with van der Waals surface area (Å²) in [4.78, 5) is 39.5. The lowest BCUT2D eigenvalue weighted by molar-refractivity contribution is -0.147. The van der Waals surface area contributed by atoms with Gasteiger partial charge >= 0.3 is 5.97 Å². The maximum Gasteiger partial charge on any atom is 0.308 e. The standard InChI is InChI=1S/C26H30N2O5/c1-19(2)18-33-22-12-6-11-21(16-22)26(31)28-14-13-27-25(30)23(28)17-24(29)32-15-7-10-20-8-4-3-5-9-20/h3-6,8-9,11-12,16,23H,1,7,10,13-15,17-18H2,2H3,(H,27,30). The highest BCUT2D eigenvalue weighted by molar-refractivity contribution is 5.99. The highest BCUT2D eigenvalue weighted by atomic mass is 16.5. The van der Waals surface area contributed by atoms with Crippen molar-refractivity contribution >= 4 is 17.8 Å². The number of benzene rings is 2. The third kappa shape index (κ3) is 7.20. The molecule has 0 bridgehead atoms. The van der Waals surface area contributed by atoms with E-state index < -0.39 is 12.0 Å². The van der Waals surface area contributed by atoms with E-state index in [1.54, 1.807) is 24.3 Å². The van der Waals surface area contributed by atoms with Crippen molar-refractivity contribution in [1.82, 2.24) is 10.2 Å². The Morgan fingerprint density at radius 3 is 2.70 bits per heavy atom. The summed E-state index contributed by atoms with van der Waals surface area (Å²) in [6, 6.07) is 15.8. The summed E-state index contributed by atoms with van der Waals surface area (Å²) in [7, 11) is 0. The van der Waals surface area contributed by atoms with Crippen molar-refractivity contribution in [3.05, 3.63) is 77.9 Å².